The molecule has 0 spiro atoms. The van der Waals surface area contributed by atoms with E-state index in [1.165, 1.54) is 0 Å². The molecule has 3 rings (SSSR count). The Morgan fingerprint density at radius 3 is 2.83 bits per heavy atom. The maximum Gasteiger partial charge on any atom is 0.270 e. The van der Waals surface area contributed by atoms with E-state index in [0.29, 0.717) is 18.0 Å². The molecule has 116 valence electrons. The van der Waals surface area contributed by atoms with E-state index in [1.807, 2.05) is 30.3 Å². The van der Waals surface area contributed by atoms with Crippen molar-refractivity contribution in [2.24, 2.45) is 0 Å². The van der Waals surface area contributed by atoms with Gasteiger partial charge in [0.25, 0.3) is 5.91 Å². The van der Waals surface area contributed by atoms with Crippen molar-refractivity contribution in [1.82, 2.24) is 10.3 Å². The van der Waals surface area contributed by atoms with E-state index in [1.54, 1.807) is 30.7 Å². The highest BCUT2D eigenvalue weighted by Gasteiger charge is 2.09. The molecule has 5 nitrogen and oxygen atoms in total. The number of nitrogens with one attached hydrogen (secondary N) is 2. The van der Waals surface area contributed by atoms with E-state index in [0.717, 1.165) is 15.8 Å². The van der Waals surface area contributed by atoms with Crippen molar-refractivity contribution < 1.29 is 9.21 Å². The van der Waals surface area contributed by atoms with E-state index < -0.39 is 0 Å². The van der Waals surface area contributed by atoms with Crippen LogP contribution in [0.25, 0.3) is 0 Å². The van der Waals surface area contributed by atoms with Crippen LogP contribution >= 0.6 is 15.9 Å². The third kappa shape index (κ3) is 3.98. The minimum atomic E-state index is -0.253. The molecule has 6 heteroatoms. The summed E-state index contributed by atoms with van der Waals surface area (Å²) < 4.78 is 6.13. The molecule has 3 aromatic rings. The molecule has 0 aliphatic rings. The third-order valence-electron chi connectivity index (χ3n) is 3.15. The molecule has 2 N–H and O–H groups in total. The van der Waals surface area contributed by atoms with Crippen molar-refractivity contribution in [2.45, 2.75) is 6.54 Å². The molecule has 0 atom stereocenters. The van der Waals surface area contributed by atoms with Gasteiger partial charge >= 0.3 is 0 Å². The maximum atomic E-state index is 12.2. The smallest absolute Gasteiger partial charge is 0.270 e. The second-order valence-electron chi connectivity index (χ2n) is 4.80. The summed E-state index contributed by atoms with van der Waals surface area (Å²) in [6.07, 6.45) is 3.17. The number of anilines is 2. The highest BCUT2D eigenvalue weighted by molar-refractivity contribution is 9.10. The van der Waals surface area contributed by atoms with Crippen LogP contribution in [0.3, 0.4) is 0 Å². The molecule has 2 heterocycles. The zero-order valence-corrected chi connectivity index (χ0v) is 13.7. The monoisotopic (exact) mass is 371 g/mol. The fourth-order valence-corrected chi connectivity index (χ4v) is 2.41. The van der Waals surface area contributed by atoms with E-state index >= 15 is 0 Å². The largest absolute Gasteiger partial charge is 0.467 e. The van der Waals surface area contributed by atoms with Gasteiger partial charge in [0, 0.05) is 16.4 Å². The summed E-state index contributed by atoms with van der Waals surface area (Å²) in [4.78, 5) is 16.3. The van der Waals surface area contributed by atoms with Gasteiger partial charge in [-0.1, -0.05) is 12.1 Å². The number of benzene rings is 1. The fourth-order valence-electron chi connectivity index (χ4n) is 2.02. The number of carbonyl (C=O) groups is 1. The summed E-state index contributed by atoms with van der Waals surface area (Å²) in [6, 6.07) is 14.9. The number of rotatable bonds is 5. The van der Waals surface area contributed by atoms with Gasteiger partial charge in [0.15, 0.2) is 0 Å². The van der Waals surface area contributed by atoms with Crippen LogP contribution < -0.4 is 10.6 Å². The SMILES string of the molecule is O=C(NCc1ccco1)c1cc(Nc2ccccc2Br)ccn1. The van der Waals surface area contributed by atoms with Crippen LogP contribution in [-0.2, 0) is 6.54 Å². The number of aromatic nitrogens is 1. The summed E-state index contributed by atoms with van der Waals surface area (Å²) in [6.45, 7) is 0.329. The number of halogens is 1. The second kappa shape index (κ2) is 7.11. The van der Waals surface area contributed by atoms with Crippen LogP contribution in [0.5, 0.6) is 0 Å². The Kier molecular flexibility index (Phi) is 4.73. The molecule has 0 aliphatic heterocycles. The Bertz CT molecular complexity index is 803. The zero-order valence-electron chi connectivity index (χ0n) is 12.1. The summed E-state index contributed by atoms with van der Waals surface area (Å²) in [5.41, 5.74) is 2.05. The Morgan fingerprint density at radius 2 is 2.04 bits per heavy atom. The molecule has 23 heavy (non-hydrogen) atoms. The van der Waals surface area contributed by atoms with Crippen molar-refractivity contribution in [3.63, 3.8) is 0 Å². The highest BCUT2D eigenvalue weighted by Crippen LogP contribution is 2.25. The van der Waals surface area contributed by atoms with E-state index in [4.69, 9.17) is 4.42 Å². The first-order valence-corrected chi connectivity index (χ1v) is 7.80. The van der Waals surface area contributed by atoms with Gasteiger partial charge in [-0.15, -0.1) is 0 Å². The Balaban J connectivity index is 1.69. The zero-order chi connectivity index (χ0) is 16.1. The van der Waals surface area contributed by atoms with Crippen molar-refractivity contribution in [1.29, 1.82) is 0 Å². The average molecular weight is 372 g/mol. The number of pyridine rings is 1. The Labute approximate surface area is 141 Å². The standard InChI is InChI=1S/C17H14BrN3O2/c18-14-5-1-2-6-15(14)21-12-7-8-19-16(10-12)17(22)20-11-13-4-3-9-23-13/h1-10H,11H2,(H,19,21)(H,20,22). The normalized spacial score (nSPS) is 10.3. The summed E-state index contributed by atoms with van der Waals surface area (Å²) in [7, 11) is 0. The number of furan rings is 1. The van der Waals surface area contributed by atoms with Gasteiger partial charge in [-0.25, -0.2) is 0 Å². The lowest BCUT2D eigenvalue weighted by Crippen LogP contribution is -2.23. The maximum absolute atomic E-state index is 12.2. The Morgan fingerprint density at radius 1 is 1.17 bits per heavy atom. The molecule has 0 bridgehead atoms. The van der Waals surface area contributed by atoms with Gasteiger partial charge in [-0.3, -0.25) is 9.78 Å². The molecule has 0 unspecified atom stereocenters. The van der Waals surface area contributed by atoms with Gasteiger partial charge in [0.2, 0.25) is 0 Å². The van der Waals surface area contributed by atoms with Crippen LogP contribution in [0.2, 0.25) is 0 Å². The fraction of sp³-hybridized carbons (Fsp3) is 0.0588. The molecular weight excluding hydrogens is 358 g/mol. The summed E-state index contributed by atoms with van der Waals surface area (Å²) in [5, 5.41) is 6.02. The summed E-state index contributed by atoms with van der Waals surface area (Å²) in [5.74, 6) is 0.443. The molecule has 0 saturated heterocycles. The molecular formula is C17H14BrN3O2. The van der Waals surface area contributed by atoms with Gasteiger partial charge in [-0.05, 0) is 52.3 Å². The van der Waals surface area contributed by atoms with Crippen LogP contribution in [0.1, 0.15) is 16.2 Å². The predicted molar refractivity (Wildman–Crippen MR) is 91.5 cm³/mol. The van der Waals surface area contributed by atoms with Crippen LogP contribution in [0.15, 0.2) is 69.9 Å². The lowest BCUT2D eigenvalue weighted by molar-refractivity contribution is 0.0943. The van der Waals surface area contributed by atoms with Gasteiger partial charge in [-0.2, -0.15) is 0 Å². The number of carbonyl (C=O) groups excluding carboxylic acids is 1. The highest BCUT2D eigenvalue weighted by atomic mass is 79.9. The molecule has 0 radical (unpaired) electrons. The first kappa shape index (κ1) is 15.3. The van der Waals surface area contributed by atoms with E-state index in [2.05, 4.69) is 31.5 Å². The van der Waals surface area contributed by atoms with Crippen LogP contribution in [0.4, 0.5) is 11.4 Å². The Hall–Kier alpha value is -2.60. The van der Waals surface area contributed by atoms with Crippen LogP contribution in [-0.4, -0.2) is 10.9 Å². The molecule has 1 aromatic carbocycles. The lowest BCUT2D eigenvalue weighted by Gasteiger charge is -2.09. The minimum absolute atomic E-state index is 0.253. The first-order chi connectivity index (χ1) is 11.2. The molecule has 0 fully saturated rings. The quantitative estimate of drug-likeness (QED) is 0.707. The number of nitrogens with zero attached hydrogens (tertiary/aromatic N) is 1. The molecule has 0 saturated carbocycles. The van der Waals surface area contributed by atoms with E-state index in [-0.39, 0.29) is 5.91 Å². The van der Waals surface area contributed by atoms with Crippen molar-refractivity contribution in [3.05, 3.63) is 76.9 Å². The summed E-state index contributed by atoms with van der Waals surface area (Å²) >= 11 is 3.48. The number of amides is 1. The number of para-hydroxylation sites is 1. The number of hydrogen-bond acceptors (Lipinski definition) is 4. The predicted octanol–water partition coefficient (Wildman–Crippen LogP) is 4.11. The van der Waals surface area contributed by atoms with Gasteiger partial charge in [0.1, 0.15) is 11.5 Å². The minimum Gasteiger partial charge on any atom is -0.467 e. The lowest BCUT2D eigenvalue weighted by atomic mass is 10.2. The average Bonchev–Trinajstić information content (AvgIpc) is 3.08. The second-order valence-corrected chi connectivity index (χ2v) is 5.65. The topological polar surface area (TPSA) is 67.2 Å². The first-order valence-electron chi connectivity index (χ1n) is 7.00. The molecule has 2 aromatic heterocycles. The molecule has 0 aliphatic carbocycles. The van der Waals surface area contributed by atoms with Gasteiger partial charge < -0.3 is 15.1 Å². The van der Waals surface area contributed by atoms with Crippen LogP contribution in [0, 0.1) is 0 Å². The van der Waals surface area contributed by atoms with Crippen molar-refractivity contribution in [2.75, 3.05) is 5.32 Å². The number of hydrogen-bond donors (Lipinski definition) is 2. The van der Waals surface area contributed by atoms with E-state index in [9.17, 15) is 4.79 Å². The molecule has 1 amide bonds. The van der Waals surface area contributed by atoms with Gasteiger partial charge in [0.05, 0.1) is 18.5 Å². The third-order valence-corrected chi connectivity index (χ3v) is 3.84. The van der Waals surface area contributed by atoms with Crippen molar-refractivity contribution in [3.8, 4) is 0 Å². The van der Waals surface area contributed by atoms with Crippen molar-refractivity contribution >= 4 is 33.2 Å².